The third kappa shape index (κ3) is 4.72. The summed E-state index contributed by atoms with van der Waals surface area (Å²) in [7, 11) is 1.57. The van der Waals surface area contributed by atoms with Crippen molar-refractivity contribution in [2.24, 2.45) is 16.7 Å². The Kier molecular flexibility index (Phi) is 7.29. The van der Waals surface area contributed by atoms with E-state index in [9.17, 15) is 19.8 Å². The van der Waals surface area contributed by atoms with Crippen molar-refractivity contribution in [3.8, 4) is 5.75 Å². The fourth-order valence-corrected chi connectivity index (χ4v) is 7.86. The minimum Gasteiger partial charge on any atom is -0.497 e. The number of aliphatic hydroxyl groups excluding tert-OH is 2. The van der Waals surface area contributed by atoms with Gasteiger partial charge in [0.2, 0.25) is 5.91 Å². The van der Waals surface area contributed by atoms with E-state index in [4.69, 9.17) is 9.72 Å². The minimum atomic E-state index is -0.717. The summed E-state index contributed by atoms with van der Waals surface area (Å²) in [4.78, 5) is 36.1. The number of nitrogens with zero attached hydrogens (tertiary/aromatic N) is 2. The van der Waals surface area contributed by atoms with Gasteiger partial charge < -0.3 is 20.3 Å². The molecule has 0 bridgehead atoms. The molecule has 4 N–H and O–H groups in total. The Hall–Kier alpha value is -2.86. The van der Waals surface area contributed by atoms with E-state index in [1.54, 1.807) is 43.0 Å². The van der Waals surface area contributed by atoms with Gasteiger partial charge in [0.15, 0.2) is 10.3 Å². The first-order valence-corrected chi connectivity index (χ1v) is 14.3. The summed E-state index contributed by atoms with van der Waals surface area (Å²) >= 11 is 2.75. The number of benzene rings is 1. The van der Waals surface area contributed by atoms with Crippen molar-refractivity contribution < 1.29 is 24.5 Å². The number of ether oxygens (including phenoxy) is 1. The lowest BCUT2D eigenvalue weighted by molar-refractivity contribution is -0.143. The molecule has 0 saturated heterocycles. The van der Waals surface area contributed by atoms with Gasteiger partial charge in [-0.05, 0) is 54.9 Å². The molecule has 2 aliphatic carbocycles. The lowest BCUT2D eigenvalue weighted by atomic mass is 9.47. The highest BCUT2D eigenvalue weighted by atomic mass is 32.1. The van der Waals surface area contributed by atoms with Gasteiger partial charge in [-0.2, -0.15) is 0 Å². The second-order valence-corrected chi connectivity index (χ2v) is 12.6. The molecule has 0 radical (unpaired) electrons. The third-order valence-electron chi connectivity index (χ3n) is 8.53. The van der Waals surface area contributed by atoms with E-state index in [1.165, 1.54) is 22.7 Å². The monoisotopic (exact) mass is 556 g/mol. The Morgan fingerprint density at radius 2 is 1.95 bits per heavy atom. The van der Waals surface area contributed by atoms with Crippen molar-refractivity contribution in [2.75, 3.05) is 24.4 Å². The maximum Gasteiger partial charge on any atom is 0.257 e. The molecule has 0 spiro atoms. The lowest BCUT2D eigenvalue weighted by Gasteiger charge is -2.58. The average Bonchev–Trinajstić information content (AvgIpc) is 3.57. The molecule has 2 amide bonds. The van der Waals surface area contributed by atoms with Crippen LogP contribution in [0, 0.1) is 16.7 Å². The SMILES string of the molecule is COc1ccc(C(=O)Nc2nc3c(s2)CC2C(C)(CO)C(O)CCC2(C)C3CC(=O)Nc2nccs2)cc1. The summed E-state index contributed by atoms with van der Waals surface area (Å²) in [5.74, 6) is -0.102. The van der Waals surface area contributed by atoms with Crippen LogP contribution in [0.1, 0.15) is 60.0 Å². The number of anilines is 2. The second kappa shape index (κ2) is 10.4. The van der Waals surface area contributed by atoms with Gasteiger partial charge in [0.1, 0.15) is 5.75 Å². The van der Waals surface area contributed by atoms with Gasteiger partial charge in [-0.15, -0.1) is 22.7 Å². The largest absolute Gasteiger partial charge is 0.497 e. The first-order chi connectivity index (χ1) is 18.2. The molecule has 2 heterocycles. The number of hydrogen-bond acceptors (Lipinski definition) is 9. The number of methoxy groups -OCH3 is 1. The number of carbonyl (C=O) groups excluding carboxylic acids is 2. The Morgan fingerprint density at radius 1 is 1.18 bits per heavy atom. The number of rotatable bonds is 7. The van der Waals surface area contributed by atoms with E-state index in [2.05, 4.69) is 22.5 Å². The summed E-state index contributed by atoms with van der Waals surface area (Å²) in [6.45, 7) is 3.93. The molecule has 5 rings (SSSR count). The molecule has 0 aliphatic heterocycles. The van der Waals surface area contributed by atoms with Crippen LogP contribution in [0.25, 0.3) is 0 Å². The predicted octanol–water partition coefficient (Wildman–Crippen LogP) is 4.30. The molecule has 11 heteroatoms. The molecule has 5 unspecified atom stereocenters. The zero-order valence-corrected chi connectivity index (χ0v) is 23.2. The third-order valence-corrected chi connectivity index (χ3v) is 10.2. The molecule has 5 atom stereocenters. The van der Waals surface area contributed by atoms with Gasteiger partial charge in [-0.3, -0.25) is 14.9 Å². The first kappa shape index (κ1) is 26.7. The Balaban J connectivity index is 1.47. The van der Waals surface area contributed by atoms with E-state index in [1.807, 2.05) is 6.92 Å². The van der Waals surface area contributed by atoms with Crippen LogP contribution in [0.4, 0.5) is 10.3 Å². The zero-order chi connectivity index (χ0) is 27.1. The average molecular weight is 557 g/mol. The van der Waals surface area contributed by atoms with Crippen LogP contribution < -0.4 is 15.4 Å². The van der Waals surface area contributed by atoms with Gasteiger partial charge in [0, 0.05) is 39.8 Å². The molecule has 1 fully saturated rings. The standard InChI is InChI=1S/C27H32N4O5S2/c1-26-9-8-20(33)27(2,14-32)19(26)13-18-22(17(26)12-21(34)29-24-28-10-11-37-24)30-25(38-18)31-23(35)15-4-6-16(36-3)7-5-15/h4-7,10-11,17,19-20,32-33H,8-9,12-14H2,1-3H3,(H,28,29,34)(H,30,31,35). The molecule has 1 aromatic carbocycles. The Morgan fingerprint density at radius 3 is 2.61 bits per heavy atom. The van der Waals surface area contributed by atoms with Crippen molar-refractivity contribution in [1.82, 2.24) is 9.97 Å². The van der Waals surface area contributed by atoms with E-state index < -0.39 is 11.5 Å². The molecule has 9 nitrogen and oxygen atoms in total. The van der Waals surface area contributed by atoms with E-state index >= 15 is 0 Å². The van der Waals surface area contributed by atoms with Crippen LogP contribution in [0.3, 0.4) is 0 Å². The molecular formula is C27H32N4O5S2. The maximum absolute atomic E-state index is 13.2. The van der Waals surface area contributed by atoms with E-state index in [0.717, 1.165) is 10.6 Å². The zero-order valence-electron chi connectivity index (χ0n) is 21.6. The molecule has 2 aromatic heterocycles. The summed E-state index contributed by atoms with van der Waals surface area (Å²) in [5.41, 5.74) is 0.195. The van der Waals surface area contributed by atoms with Gasteiger partial charge in [0.25, 0.3) is 5.91 Å². The smallest absolute Gasteiger partial charge is 0.257 e. The molecular weight excluding hydrogens is 524 g/mol. The van der Waals surface area contributed by atoms with Crippen molar-refractivity contribution in [3.63, 3.8) is 0 Å². The highest BCUT2D eigenvalue weighted by molar-refractivity contribution is 7.16. The molecule has 2 aliphatic rings. The molecule has 1 saturated carbocycles. The molecule has 202 valence electrons. The number of aliphatic hydroxyl groups is 2. The van der Waals surface area contributed by atoms with Crippen LogP contribution in [0.15, 0.2) is 35.8 Å². The topological polar surface area (TPSA) is 134 Å². The Bertz CT molecular complexity index is 1310. The second-order valence-electron chi connectivity index (χ2n) is 10.6. The normalized spacial score (nSPS) is 28.2. The fraction of sp³-hybridized carbons (Fsp3) is 0.481. The molecule has 38 heavy (non-hydrogen) atoms. The van der Waals surface area contributed by atoms with Crippen molar-refractivity contribution in [2.45, 2.75) is 51.6 Å². The summed E-state index contributed by atoms with van der Waals surface area (Å²) in [6, 6.07) is 6.84. The number of hydrogen-bond donors (Lipinski definition) is 4. The summed E-state index contributed by atoms with van der Waals surface area (Å²) in [6.07, 6.45) is 3.04. The van der Waals surface area contributed by atoms with Crippen LogP contribution >= 0.6 is 22.7 Å². The predicted molar refractivity (Wildman–Crippen MR) is 147 cm³/mol. The van der Waals surface area contributed by atoms with Crippen molar-refractivity contribution in [3.05, 3.63) is 52.0 Å². The maximum atomic E-state index is 13.2. The van der Waals surface area contributed by atoms with Crippen LogP contribution in [-0.4, -0.2) is 51.8 Å². The van der Waals surface area contributed by atoms with Gasteiger partial charge in [-0.1, -0.05) is 13.8 Å². The number of aromatic nitrogens is 2. The summed E-state index contributed by atoms with van der Waals surface area (Å²) < 4.78 is 5.17. The van der Waals surface area contributed by atoms with Crippen molar-refractivity contribution >= 4 is 44.8 Å². The number of thiazole rings is 2. The summed E-state index contributed by atoms with van der Waals surface area (Å²) in [5, 5.41) is 30.0. The molecule has 3 aromatic rings. The minimum absolute atomic E-state index is 0.0699. The fourth-order valence-electron chi connectivity index (χ4n) is 6.25. The number of nitrogens with one attached hydrogen (secondary N) is 2. The van der Waals surface area contributed by atoms with Gasteiger partial charge in [-0.25, -0.2) is 9.97 Å². The number of fused-ring (bicyclic) bond motifs is 2. The van der Waals surface area contributed by atoms with E-state index in [0.29, 0.717) is 40.8 Å². The highest BCUT2D eigenvalue weighted by Gasteiger charge is 2.59. The lowest BCUT2D eigenvalue weighted by Crippen LogP contribution is -2.57. The number of amides is 2. The van der Waals surface area contributed by atoms with Crippen LogP contribution in [-0.2, 0) is 11.2 Å². The first-order valence-electron chi connectivity index (χ1n) is 12.6. The van der Waals surface area contributed by atoms with Crippen molar-refractivity contribution in [1.29, 1.82) is 0 Å². The van der Waals surface area contributed by atoms with Gasteiger partial charge in [0.05, 0.1) is 25.5 Å². The van der Waals surface area contributed by atoms with E-state index in [-0.39, 0.29) is 42.1 Å². The van der Waals surface area contributed by atoms with Gasteiger partial charge >= 0.3 is 0 Å². The quantitative estimate of drug-likeness (QED) is 0.341. The van der Waals surface area contributed by atoms with Crippen LogP contribution in [0.2, 0.25) is 0 Å². The number of carbonyl (C=O) groups is 2. The Labute approximate surface area is 229 Å². The highest BCUT2D eigenvalue weighted by Crippen LogP contribution is 2.62. The van der Waals surface area contributed by atoms with Crippen LogP contribution in [0.5, 0.6) is 5.75 Å².